The lowest BCUT2D eigenvalue weighted by molar-refractivity contribution is -0.137. The van der Waals surface area contributed by atoms with Gasteiger partial charge in [-0.15, -0.1) is 0 Å². The van der Waals surface area contributed by atoms with Gasteiger partial charge >= 0.3 is 6.18 Å². The van der Waals surface area contributed by atoms with E-state index in [9.17, 15) is 22.8 Å². The van der Waals surface area contributed by atoms with Crippen LogP contribution in [-0.4, -0.2) is 31.1 Å². The second kappa shape index (κ2) is 6.42. The molecule has 104 valence electrons. The standard InChI is InChI=1S/C11H10ClF3N2O2/c12-8-4-2-1-3-7(8)10(19)16-5-9(18)17-6-11(13,14)15/h1-4H,5-6H2,(H,16,19)(H,17,18). The lowest BCUT2D eigenvalue weighted by Crippen LogP contribution is -2.40. The molecule has 0 aromatic heterocycles. The van der Waals surface area contributed by atoms with Crippen molar-refractivity contribution in [1.82, 2.24) is 10.6 Å². The fourth-order valence-electron chi connectivity index (χ4n) is 1.16. The Bertz CT molecular complexity index is 477. The van der Waals surface area contributed by atoms with E-state index in [1.54, 1.807) is 17.4 Å². The zero-order chi connectivity index (χ0) is 14.5. The van der Waals surface area contributed by atoms with Crippen LogP contribution in [0.15, 0.2) is 24.3 Å². The molecule has 0 saturated carbocycles. The minimum atomic E-state index is -4.48. The lowest BCUT2D eigenvalue weighted by atomic mass is 10.2. The molecule has 0 atom stereocenters. The van der Waals surface area contributed by atoms with Crippen molar-refractivity contribution in [3.8, 4) is 0 Å². The smallest absolute Gasteiger partial charge is 0.345 e. The van der Waals surface area contributed by atoms with E-state index in [-0.39, 0.29) is 10.6 Å². The Morgan fingerprint density at radius 2 is 1.79 bits per heavy atom. The van der Waals surface area contributed by atoms with Crippen LogP contribution in [0.25, 0.3) is 0 Å². The normalized spacial score (nSPS) is 10.9. The largest absolute Gasteiger partial charge is 0.405 e. The van der Waals surface area contributed by atoms with Gasteiger partial charge in [0, 0.05) is 0 Å². The number of alkyl halides is 3. The van der Waals surface area contributed by atoms with Crippen molar-refractivity contribution in [2.45, 2.75) is 6.18 Å². The maximum Gasteiger partial charge on any atom is 0.405 e. The average molecular weight is 295 g/mol. The van der Waals surface area contributed by atoms with Crippen molar-refractivity contribution in [2.24, 2.45) is 0 Å². The average Bonchev–Trinajstić information content (AvgIpc) is 2.33. The Morgan fingerprint density at radius 1 is 1.16 bits per heavy atom. The first kappa shape index (κ1) is 15.3. The van der Waals surface area contributed by atoms with Crippen LogP contribution >= 0.6 is 11.6 Å². The third-order valence-electron chi connectivity index (χ3n) is 2.01. The second-order valence-electron chi connectivity index (χ2n) is 3.55. The van der Waals surface area contributed by atoms with E-state index >= 15 is 0 Å². The van der Waals surface area contributed by atoms with E-state index in [1.165, 1.54) is 12.1 Å². The summed E-state index contributed by atoms with van der Waals surface area (Å²) in [5.74, 6) is -1.56. The van der Waals surface area contributed by atoms with Gasteiger partial charge in [0.2, 0.25) is 5.91 Å². The Morgan fingerprint density at radius 3 is 2.37 bits per heavy atom. The van der Waals surface area contributed by atoms with Gasteiger partial charge in [0.1, 0.15) is 6.54 Å². The van der Waals surface area contributed by atoms with Gasteiger partial charge in [-0.1, -0.05) is 23.7 Å². The van der Waals surface area contributed by atoms with Crippen molar-refractivity contribution in [3.05, 3.63) is 34.9 Å². The highest BCUT2D eigenvalue weighted by Gasteiger charge is 2.27. The molecule has 0 saturated heterocycles. The number of rotatable bonds is 4. The van der Waals surface area contributed by atoms with Crippen LogP contribution in [-0.2, 0) is 4.79 Å². The number of amides is 2. The number of hydrogen-bond acceptors (Lipinski definition) is 2. The molecule has 4 nitrogen and oxygen atoms in total. The summed E-state index contributed by atoms with van der Waals surface area (Å²) in [6.07, 6.45) is -4.48. The first-order valence-electron chi connectivity index (χ1n) is 5.16. The van der Waals surface area contributed by atoms with Gasteiger partial charge in [-0.2, -0.15) is 13.2 Å². The maximum atomic E-state index is 11.8. The summed E-state index contributed by atoms with van der Waals surface area (Å²) in [4.78, 5) is 22.6. The number of carbonyl (C=O) groups excluding carboxylic acids is 2. The Kier molecular flexibility index (Phi) is 5.17. The highest BCUT2D eigenvalue weighted by Crippen LogP contribution is 2.14. The zero-order valence-corrected chi connectivity index (χ0v) is 10.3. The molecule has 0 aliphatic rings. The minimum Gasteiger partial charge on any atom is -0.345 e. The molecule has 2 amide bonds. The monoisotopic (exact) mass is 294 g/mol. The van der Waals surface area contributed by atoms with Crippen LogP contribution in [0.3, 0.4) is 0 Å². The topological polar surface area (TPSA) is 58.2 Å². The third-order valence-corrected chi connectivity index (χ3v) is 2.34. The fourth-order valence-corrected chi connectivity index (χ4v) is 1.38. The van der Waals surface area contributed by atoms with Crippen LogP contribution in [0.2, 0.25) is 5.02 Å². The van der Waals surface area contributed by atoms with Crippen LogP contribution in [0.5, 0.6) is 0 Å². The molecule has 2 N–H and O–H groups in total. The molecular weight excluding hydrogens is 285 g/mol. The molecule has 0 radical (unpaired) electrons. The predicted octanol–water partition coefficient (Wildman–Crippen LogP) is 1.75. The minimum absolute atomic E-state index is 0.146. The highest BCUT2D eigenvalue weighted by molar-refractivity contribution is 6.33. The predicted molar refractivity (Wildman–Crippen MR) is 62.8 cm³/mol. The molecule has 8 heteroatoms. The van der Waals surface area contributed by atoms with Gasteiger partial charge < -0.3 is 10.6 Å². The van der Waals surface area contributed by atoms with Gasteiger partial charge in [-0.05, 0) is 12.1 Å². The number of hydrogen-bond donors (Lipinski definition) is 2. The summed E-state index contributed by atoms with van der Waals surface area (Å²) in [6.45, 7) is -1.99. The molecular formula is C11H10ClF3N2O2. The van der Waals surface area contributed by atoms with Crippen molar-refractivity contribution < 1.29 is 22.8 Å². The van der Waals surface area contributed by atoms with Gasteiger partial charge in [-0.25, -0.2) is 0 Å². The Balaban J connectivity index is 2.43. The van der Waals surface area contributed by atoms with E-state index in [1.807, 2.05) is 0 Å². The second-order valence-corrected chi connectivity index (χ2v) is 3.96. The quantitative estimate of drug-likeness (QED) is 0.889. The van der Waals surface area contributed by atoms with Crippen LogP contribution < -0.4 is 10.6 Å². The molecule has 0 heterocycles. The molecule has 0 fully saturated rings. The third kappa shape index (κ3) is 5.60. The molecule has 0 aliphatic heterocycles. The first-order valence-corrected chi connectivity index (χ1v) is 5.53. The summed E-state index contributed by atoms with van der Waals surface area (Å²) in [5, 5.41) is 4.00. The fraction of sp³-hybridized carbons (Fsp3) is 0.273. The lowest BCUT2D eigenvalue weighted by Gasteiger charge is -2.09. The number of nitrogens with one attached hydrogen (secondary N) is 2. The molecule has 0 unspecified atom stereocenters. The van der Waals surface area contributed by atoms with E-state index in [0.29, 0.717) is 0 Å². The molecule has 1 rings (SSSR count). The van der Waals surface area contributed by atoms with Gasteiger partial charge in [-0.3, -0.25) is 9.59 Å². The van der Waals surface area contributed by atoms with Crippen molar-refractivity contribution >= 4 is 23.4 Å². The van der Waals surface area contributed by atoms with E-state index in [0.717, 1.165) is 0 Å². The summed E-state index contributed by atoms with van der Waals surface area (Å²) >= 11 is 5.75. The Labute approximate surface area is 111 Å². The number of benzene rings is 1. The number of halogens is 4. The summed E-state index contributed by atoms with van der Waals surface area (Å²) in [5.41, 5.74) is 0.146. The zero-order valence-electron chi connectivity index (χ0n) is 9.55. The van der Waals surface area contributed by atoms with Crippen LogP contribution in [0.1, 0.15) is 10.4 Å². The van der Waals surface area contributed by atoms with E-state index in [4.69, 9.17) is 11.6 Å². The molecule has 0 spiro atoms. The molecule has 19 heavy (non-hydrogen) atoms. The van der Waals surface area contributed by atoms with E-state index < -0.39 is 31.1 Å². The molecule has 1 aromatic rings. The van der Waals surface area contributed by atoms with Gasteiger partial charge in [0.25, 0.3) is 5.91 Å². The number of carbonyl (C=O) groups is 2. The molecule has 0 bridgehead atoms. The first-order chi connectivity index (χ1) is 8.79. The highest BCUT2D eigenvalue weighted by atomic mass is 35.5. The van der Waals surface area contributed by atoms with E-state index in [2.05, 4.69) is 5.32 Å². The Hall–Kier alpha value is -1.76. The van der Waals surface area contributed by atoms with Gasteiger partial charge in [0.15, 0.2) is 0 Å². The molecule has 0 aliphatic carbocycles. The van der Waals surface area contributed by atoms with Crippen LogP contribution in [0.4, 0.5) is 13.2 Å². The summed E-state index contributed by atoms with van der Waals surface area (Å²) in [6, 6.07) is 6.12. The van der Waals surface area contributed by atoms with Crippen molar-refractivity contribution in [3.63, 3.8) is 0 Å². The van der Waals surface area contributed by atoms with Crippen molar-refractivity contribution in [2.75, 3.05) is 13.1 Å². The van der Waals surface area contributed by atoms with Crippen molar-refractivity contribution in [1.29, 1.82) is 0 Å². The molecule has 1 aromatic carbocycles. The SMILES string of the molecule is O=C(CNC(=O)c1ccccc1Cl)NCC(F)(F)F. The summed E-state index contributed by atoms with van der Waals surface area (Å²) < 4.78 is 35.4. The summed E-state index contributed by atoms with van der Waals surface area (Å²) in [7, 11) is 0. The van der Waals surface area contributed by atoms with Crippen LogP contribution in [0, 0.1) is 0 Å². The van der Waals surface area contributed by atoms with Gasteiger partial charge in [0.05, 0.1) is 17.1 Å². The maximum absolute atomic E-state index is 11.8.